The Labute approximate surface area is 161 Å². The average molecular weight is 372 g/mol. The molecule has 0 bridgehead atoms. The highest BCUT2D eigenvalue weighted by atomic mass is 16.5. The van der Waals surface area contributed by atoms with Crippen molar-refractivity contribution in [2.75, 3.05) is 20.8 Å². The third-order valence-electron chi connectivity index (χ3n) is 3.67. The van der Waals surface area contributed by atoms with Gasteiger partial charge in [-0.1, -0.05) is 6.07 Å². The van der Waals surface area contributed by atoms with Crippen LogP contribution in [0.2, 0.25) is 0 Å². The van der Waals surface area contributed by atoms with Crippen LogP contribution in [0.3, 0.4) is 0 Å². The molecule has 0 aliphatic rings. The molecule has 0 atom stereocenters. The molecule has 0 saturated carbocycles. The van der Waals surface area contributed by atoms with Gasteiger partial charge in [-0.2, -0.15) is 5.10 Å². The molecule has 0 spiro atoms. The smallest absolute Gasteiger partial charge is 0.161 e. The summed E-state index contributed by atoms with van der Waals surface area (Å²) in [6.45, 7) is 7.08. The van der Waals surface area contributed by atoms with Gasteiger partial charge < -0.3 is 24.4 Å². The molecule has 6 nitrogen and oxygen atoms in total. The Kier molecular flexibility index (Phi) is 7.79. The van der Waals surface area contributed by atoms with E-state index in [1.807, 2.05) is 57.2 Å². The minimum Gasteiger partial charge on any atom is -0.493 e. The summed E-state index contributed by atoms with van der Waals surface area (Å²) in [5.74, 6) is 2.86. The Hall–Kier alpha value is -2.89. The number of methoxy groups -OCH3 is 2. The van der Waals surface area contributed by atoms with E-state index in [-0.39, 0.29) is 6.10 Å². The molecule has 0 aromatic heterocycles. The Morgan fingerprint density at radius 3 is 2.37 bits per heavy atom. The molecule has 0 fully saturated rings. The molecule has 27 heavy (non-hydrogen) atoms. The summed E-state index contributed by atoms with van der Waals surface area (Å²) in [5, 5.41) is 4.28. The molecule has 2 rings (SSSR count). The highest BCUT2D eigenvalue weighted by Crippen LogP contribution is 2.29. The maximum atomic E-state index is 5.77. The molecule has 0 amide bonds. The number of rotatable bonds is 10. The Morgan fingerprint density at radius 2 is 1.70 bits per heavy atom. The van der Waals surface area contributed by atoms with Crippen LogP contribution in [-0.4, -0.2) is 33.1 Å². The van der Waals surface area contributed by atoms with Crippen molar-refractivity contribution in [1.29, 1.82) is 0 Å². The monoisotopic (exact) mass is 372 g/mol. The van der Waals surface area contributed by atoms with Crippen molar-refractivity contribution >= 4 is 6.21 Å². The van der Waals surface area contributed by atoms with Gasteiger partial charge in [-0.05, 0) is 62.2 Å². The van der Waals surface area contributed by atoms with Crippen LogP contribution in [-0.2, 0) is 6.54 Å². The van der Waals surface area contributed by atoms with Gasteiger partial charge in [-0.15, -0.1) is 0 Å². The molecule has 146 valence electrons. The van der Waals surface area contributed by atoms with Gasteiger partial charge in [0.15, 0.2) is 23.0 Å². The van der Waals surface area contributed by atoms with E-state index in [0.29, 0.717) is 24.7 Å². The van der Waals surface area contributed by atoms with E-state index in [2.05, 4.69) is 10.5 Å². The molecule has 0 aliphatic carbocycles. The van der Waals surface area contributed by atoms with E-state index < -0.39 is 0 Å². The summed E-state index contributed by atoms with van der Waals surface area (Å²) in [4.78, 5) is 0. The second kappa shape index (κ2) is 10.3. The van der Waals surface area contributed by atoms with E-state index >= 15 is 0 Å². The number of hydrazone groups is 1. The van der Waals surface area contributed by atoms with Gasteiger partial charge in [0.2, 0.25) is 0 Å². The van der Waals surface area contributed by atoms with Crippen LogP contribution >= 0.6 is 0 Å². The minimum atomic E-state index is 0.0897. The fourth-order valence-corrected chi connectivity index (χ4v) is 2.47. The third-order valence-corrected chi connectivity index (χ3v) is 3.67. The Morgan fingerprint density at radius 1 is 0.963 bits per heavy atom. The van der Waals surface area contributed by atoms with Gasteiger partial charge in [0.25, 0.3) is 0 Å². The molecule has 0 unspecified atom stereocenters. The maximum Gasteiger partial charge on any atom is 0.161 e. The summed E-state index contributed by atoms with van der Waals surface area (Å²) in [7, 11) is 3.24. The SMILES string of the molecule is CCOc1cc(/C=N/NCc2ccc(OC)c(OC)c2)ccc1OC(C)C. The van der Waals surface area contributed by atoms with E-state index in [1.165, 1.54) is 0 Å². The molecular formula is C21H28N2O4. The lowest BCUT2D eigenvalue weighted by atomic mass is 10.2. The van der Waals surface area contributed by atoms with Crippen molar-refractivity contribution in [2.45, 2.75) is 33.4 Å². The summed E-state index contributed by atoms with van der Waals surface area (Å²) in [5.41, 5.74) is 5.01. The predicted molar refractivity (Wildman–Crippen MR) is 107 cm³/mol. The zero-order valence-corrected chi connectivity index (χ0v) is 16.6. The van der Waals surface area contributed by atoms with Crippen molar-refractivity contribution in [3.05, 3.63) is 47.5 Å². The van der Waals surface area contributed by atoms with Crippen molar-refractivity contribution in [1.82, 2.24) is 5.43 Å². The van der Waals surface area contributed by atoms with Crippen molar-refractivity contribution in [3.63, 3.8) is 0 Å². The van der Waals surface area contributed by atoms with E-state index in [4.69, 9.17) is 18.9 Å². The summed E-state index contributed by atoms with van der Waals surface area (Å²) in [6.07, 6.45) is 1.84. The maximum absolute atomic E-state index is 5.77. The van der Waals surface area contributed by atoms with Crippen molar-refractivity contribution in [2.24, 2.45) is 5.10 Å². The van der Waals surface area contributed by atoms with Crippen LogP contribution in [0.15, 0.2) is 41.5 Å². The highest BCUT2D eigenvalue weighted by Gasteiger charge is 2.07. The van der Waals surface area contributed by atoms with Crippen LogP contribution in [0.4, 0.5) is 0 Å². The van der Waals surface area contributed by atoms with Gasteiger partial charge in [-0.25, -0.2) is 0 Å². The molecule has 6 heteroatoms. The molecule has 0 saturated heterocycles. The van der Waals surface area contributed by atoms with Gasteiger partial charge in [-0.3, -0.25) is 0 Å². The average Bonchev–Trinajstić information content (AvgIpc) is 2.66. The lowest BCUT2D eigenvalue weighted by molar-refractivity contribution is 0.224. The number of hydrogen-bond acceptors (Lipinski definition) is 6. The summed E-state index contributed by atoms with van der Waals surface area (Å²) >= 11 is 0. The number of benzene rings is 2. The van der Waals surface area contributed by atoms with Gasteiger partial charge in [0.05, 0.1) is 39.7 Å². The number of ether oxygens (including phenoxy) is 4. The first kappa shape index (κ1) is 20.4. The third kappa shape index (κ3) is 6.09. The molecule has 2 aromatic rings. The lowest BCUT2D eigenvalue weighted by Crippen LogP contribution is -2.08. The quantitative estimate of drug-likeness (QED) is 0.504. The van der Waals surface area contributed by atoms with Crippen molar-refractivity contribution < 1.29 is 18.9 Å². The Bertz CT molecular complexity index is 760. The fraction of sp³-hybridized carbons (Fsp3) is 0.381. The van der Waals surface area contributed by atoms with Crippen LogP contribution in [0, 0.1) is 0 Å². The first-order valence-corrected chi connectivity index (χ1v) is 8.97. The summed E-state index contributed by atoms with van der Waals surface area (Å²) < 4.78 is 22.0. The van der Waals surface area contributed by atoms with Crippen LogP contribution in [0.25, 0.3) is 0 Å². The van der Waals surface area contributed by atoms with Crippen LogP contribution < -0.4 is 24.4 Å². The van der Waals surface area contributed by atoms with E-state index in [9.17, 15) is 0 Å². The standard InChI is InChI=1S/C21H28N2O4/c1-6-26-21-12-17(8-10-19(21)27-15(2)3)14-23-22-13-16-7-9-18(24-4)20(11-16)25-5/h7-12,14-15,22H,6,13H2,1-5H3/b23-14+. The van der Waals surface area contributed by atoms with E-state index in [0.717, 1.165) is 22.6 Å². The van der Waals surface area contributed by atoms with Crippen LogP contribution in [0.1, 0.15) is 31.9 Å². The molecule has 0 aliphatic heterocycles. The number of nitrogens with zero attached hydrogens (tertiary/aromatic N) is 1. The van der Waals surface area contributed by atoms with Crippen LogP contribution in [0.5, 0.6) is 23.0 Å². The molecule has 1 N–H and O–H groups in total. The summed E-state index contributed by atoms with van der Waals surface area (Å²) in [6, 6.07) is 11.5. The zero-order valence-electron chi connectivity index (χ0n) is 16.6. The number of nitrogens with one attached hydrogen (secondary N) is 1. The zero-order chi connectivity index (χ0) is 19.6. The minimum absolute atomic E-state index is 0.0897. The van der Waals surface area contributed by atoms with Gasteiger partial charge in [0.1, 0.15) is 0 Å². The largest absolute Gasteiger partial charge is 0.493 e. The topological polar surface area (TPSA) is 61.3 Å². The molecular weight excluding hydrogens is 344 g/mol. The second-order valence-electron chi connectivity index (χ2n) is 6.09. The van der Waals surface area contributed by atoms with Crippen molar-refractivity contribution in [3.8, 4) is 23.0 Å². The van der Waals surface area contributed by atoms with E-state index in [1.54, 1.807) is 20.4 Å². The fourth-order valence-electron chi connectivity index (χ4n) is 2.47. The predicted octanol–water partition coefficient (Wildman–Crippen LogP) is 4.01. The number of hydrogen-bond donors (Lipinski definition) is 1. The first-order chi connectivity index (χ1) is 13.1. The Balaban J connectivity index is 2.00. The first-order valence-electron chi connectivity index (χ1n) is 8.97. The van der Waals surface area contributed by atoms with Gasteiger partial charge >= 0.3 is 0 Å². The molecule has 0 heterocycles. The second-order valence-corrected chi connectivity index (χ2v) is 6.09. The normalized spacial score (nSPS) is 10.9. The lowest BCUT2D eigenvalue weighted by Gasteiger charge is -2.14. The highest BCUT2D eigenvalue weighted by molar-refractivity contribution is 5.80. The molecule has 2 aromatic carbocycles. The molecule has 0 radical (unpaired) electrons. The van der Waals surface area contributed by atoms with Gasteiger partial charge in [0, 0.05) is 0 Å².